The van der Waals surface area contributed by atoms with Crippen molar-refractivity contribution in [3.05, 3.63) is 108 Å². The molecule has 0 spiro atoms. The van der Waals surface area contributed by atoms with Crippen molar-refractivity contribution in [3.63, 3.8) is 0 Å². The van der Waals surface area contributed by atoms with Crippen molar-refractivity contribution in [2.75, 3.05) is 10.6 Å². The van der Waals surface area contributed by atoms with E-state index in [1.165, 1.54) is 0 Å². The molecule has 0 aliphatic carbocycles. The monoisotopic (exact) mass is 484 g/mol. The Morgan fingerprint density at radius 1 is 0.833 bits per heavy atom. The van der Waals surface area contributed by atoms with Crippen molar-refractivity contribution >= 4 is 33.9 Å². The Morgan fingerprint density at radius 2 is 1.58 bits per heavy atom. The van der Waals surface area contributed by atoms with Gasteiger partial charge in [0.15, 0.2) is 17.5 Å². The van der Waals surface area contributed by atoms with Crippen LogP contribution in [0.3, 0.4) is 0 Å². The highest BCUT2D eigenvalue weighted by Gasteiger charge is 2.20. The number of carbonyl (C=O) groups excluding carboxylic acids is 1. The fourth-order valence-corrected chi connectivity index (χ4v) is 4.60. The van der Waals surface area contributed by atoms with E-state index in [2.05, 4.69) is 15.6 Å². The number of hydrogen-bond acceptors (Lipinski definition) is 3. The fraction of sp³-hybridized carbons (Fsp3) is 0.0714. The maximum absolute atomic E-state index is 13.7. The lowest BCUT2D eigenvalue weighted by Gasteiger charge is -2.10. The topological polar surface area (TPSA) is 59.0 Å². The minimum Gasteiger partial charge on any atom is -0.353 e. The number of nitrogens with one attached hydrogen (secondary N) is 2. The third-order valence-corrected chi connectivity index (χ3v) is 6.39. The molecule has 178 valence electrons. The summed E-state index contributed by atoms with van der Waals surface area (Å²) in [7, 11) is 0. The van der Waals surface area contributed by atoms with E-state index < -0.39 is 17.5 Å². The van der Waals surface area contributed by atoms with Gasteiger partial charge >= 0.3 is 0 Å². The largest absolute Gasteiger partial charge is 0.353 e. The van der Waals surface area contributed by atoms with E-state index in [1.807, 2.05) is 53.2 Å². The van der Waals surface area contributed by atoms with Gasteiger partial charge in [-0.3, -0.25) is 9.78 Å². The summed E-state index contributed by atoms with van der Waals surface area (Å²) in [5.74, 6) is -4.07. The first kappa shape index (κ1) is 21.9. The minimum atomic E-state index is -1.47. The molecule has 3 aromatic carbocycles. The molecule has 2 N–H and O–H groups in total. The highest BCUT2D eigenvalue weighted by Crippen LogP contribution is 2.37. The maximum atomic E-state index is 13.7. The Kier molecular flexibility index (Phi) is 5.21. The summed E-state index contributed by atoms with van der Waals surface area (Å²) in [5.41, 5.74) is 5.74. The average molecular weight is 484 g/mol. The van der Waals surface area contributed by atoms with Gasteiger partial charge in [-0.1, -0.05) is 18.2 Å². The van der Waals surface area contributed by atoms with Gasteiger partial charge in [-0.25, -0.2) is 13.2 Å². The van der Waals surface area contributed by atoms with E-state index >= 15 is 0 Å². The SMILES string of the molecule is O=C1Nc2ccccc2Nc2cc(-c3cn(CCc4cc(F)c(F)c(F)c4)c4cnccc34)ccc21. The van der Waals surface area contributed by atoms with Crippen LogP contribution in [0.25, 0.3) is 22.0 Å². The minimum absolute atomic E-state index is 0.195. The molecule has 6 rings (SSSR count). The molecule has 0 unspecified atom stereocenters. The number of pyridine rings is 1. The first-order valence-corrected chi connectivity index (χ1v) is 11.4. The quantitative estimate of drug-likeness (QED) is 0.280. The predicted octanol–water partition coefficient (Wildman–Crippen LogP) is 6.67. The van der Waals surface area contributed by atoms with Crippen molar-refractivity contribution in [2.24, 2.45) is 0 Å². The molecule has 0 saturated carbocycles. The van der Waals surface area contributed by atoms with Crippen LogP contribution < -0.4 is 10.6 Å². The molecule has 3 heterocycles. The van der Waals surface area contributed by atoms with Crippen molar-refractivity contribution in [2.45, 2.75) is 13.0 Å². The van der Waals surface area contributed by atoms with Crippen LogP contribution in [0.15, 0.2) is 79.3 Å². The standard InChI is InChI=1S/C28H19F3N4O/c29-21-11-16(12-22(30)27(21)31)8-10-35-15-20(18-7-9-32-14-26(18)35)17-5-6-19-25(13-17)33-23-3-1-2-4-24(23)34-28(19)36/h1-7,9,11-15,33H,8,10H2,(H,34,36). The molecule has 36 heavy (non-hydrogen) atoms. The molecular formula is C28H19F3N4O. The molecule has 8 heteroatoms. The Labute approximate surface area is 204 Å². The van der Waals surface area contributed by atoms with Gasteiger partial charge in [0.05, 0.1) is 34.3 Å². The van der Waals surface area contributed by atoms with Crippen LogP contribution in [0.5, 0.6) is 0 Å². The molecule has 0 radical (unpaired) electrons. The first-order valence-electron chi connectivity index (χ1n) is 11.4. The smallest absolute Gasteiger partial charge is 0.257 e. The summed E-state index contributed by atoms with van der Waals surface area (Å²) in [4.78, 5) is 17.0. The number of carbonyl (C=O) groups is 1. The number of hydrogen-bond donors (Lipinski definition) is 2. The lowest BCUT2D eigenvalue weighted by Crippen LogP contribution is -2.10. The van der Waals surface area contributed by atoms with E-state index in [0.29, 0.717) is 35.5 Å². The summed E-state index contributed by atoms with van der Waals surface area (Å²) in [6, 6.07) is 17.0. The molecule has 1 aliphatic rings. The van der Waals surface area contributed by atoms with Crippen molar-refractivity contribution in [3.8, 4) is 11.1 Å². The zero-order valence-corrected chi connectivity index (χ0v) is 18.9. The molecule has 0 bridgehead atoms. The van der Waals surface area contributed by atoms with Gasteiger partial charge < -0.3 is 15.2 Å². The number of aryl methyl sites for hydroxylation is 2. The highest BCUT2D eigenvalue weighted by molar-refractivity contribution is 6.12. The highest BCUT2D eigenvalue weighted by atomic mass is 19.2. The molecule has 1 amide bonds. The lowest BCUT2D eigenvalue weighted by molar-refractivity contribution is 0.102. The number of fused-ring (bicyclic) bond motifs is 3. The average Bonchev–Trinajstić information content (AvgIpc) is 3.18. The Balaban J connectivity index is 1.38. The number of benzene rings is 3. The second kappa shape index (κ2) is 8.57. The van der Waals surface area contributed by atoms with Gasteiger partial charge in [0.25, 0.3) is 5.91 Å². The third kappa shape index (κ3) is 3.76. The first-order chi connectivity index (χ1) is 17.5. The Hall–Kier alpha value is -4.59. The molecule has 0 atom stereocenters. The van der Waals surface area contributed by atoms with Gasteiger partial charge in [0, 0.05) is 29.9 Å². The van der Waals surface area contributed by atoms with Crippen LogP contribution in [-0.4, -0.2) is 15.5 Å². The van der Waals surface area contributed by atoms with Crippen molar-refractivity contribution in [1.29, 1.82) is 0 Å². The zero-order valence-electron chi connectivity index (χ0n) is 18.9. The number of rotatable bonds is 4. The van der Waals surface area contributed by atoms with E-state index in [1.54, 1.807) is 18.5 Å². The number of para-hydroxylation sites is 2. The molecular weight excluding hydrogens is 465 g/mol. The van der Waals surface area contributed by atoms with Crippen LogP contribution in [-0.2, 0) is 13.0 Å². The summed E-state index contributed by atoms with van der Waals surface area (Å²) in [6.07, 6.45) is 5.69. The summed E-state index contributed by atoms with van der Waals surface area (Å²) >= 11 is 0. The summed E-state index contributed by atoms with van der Waals surface area (Å²) in [6.45, 7) is 0.408. The number of nitrogens with zero attached hydrogens (tertiary/aromatic N) is 2. The van der Waals surface area contributed by atoms with Crippen LogP contribution in [0.2, 0.25) is 0 Å². The molecule has 5 aromatic rings. The molecule has 2 aromatic heterocycles. The number of anilines is 3. The van der Waals surface area contributed by atoms with E-state index in [0.717, 1.165) is 39.8 Å². The molecule has 5 nitrogen and oxygen atoms in total. The van der Waals surface area contributed by atoms with Crippen LogP contribution in [0.4, 0.5) is 30.2 Å². The van der Waals surface area contributed by atoms with Crippen molar-refractivity contribution in [1.82, 2.24) is 9.55 Å². The molecule has 1 aliphatic heterocycles. The second-order valence-electron chi connectivity index (χ2n) is 8.64. The van der Waals surface area contributed by atoms with Crippen LogP contribution in [0.1, 0.15) is 15.9 Å². The van der Waals surface area contributed by atoms with E-state index in [4.69, 9.17) is 0 Å². The Morgan fingerprint density at radius 3 is 2.36 bits per heavy atom. The van der Waals surface area contributed by atoms with Crippen LogP contribution in [0, 0.1) is 17.5 Å². The Bertz CT molecular complexity index is 1640. The normalized spacial score (nSPS) is 12.5. The molecule has 0 fully saturated rings. The third-order valence-electron chi connectivity index (χ3n) is 6.39. The number of amides is 1. The maximum Gasteiger partial charge on any atom is 0.257 e. The second-order valence-corrected chi connectivity index (χ2v) is 8.64. The number of halogens is 3. The van der Waals surface area contributed by atoms with Gasteiger partial charge in [0.1, 0.15) is 0 Å². The van der Waals surface area contributed by atoms with Crippen molar-refractivity contribution < 1.29 is 18.0 Å². The van der Waals surface area contributed by atoms with E-state index in [-0.39, 0.29) is 5.91 Å². The number of aromatic nitrogens is 2. The lowest BCUT2D eigenvalue weighted by atomic mass is 10.0. The van der Waals surface area contributed by atoms with Gasteiger partial charge in [0.2, 0.25) is 0 Å². The zero-order chi connectivity index (χ0) is 24.8. The van der Waals surface area contributed by atoms with E-state index in [9.17, 15) is 18.0 Å². The van der Waals surface area contributed by atoms with Gasteiger partial charge in [-0.2, -0.15) is 0 Å². The van der Waals surface area contributed by atoms with Gasteiger partial charge in [-0.15, -0.1) is 0 Å². The predicted molar refractivity (Wildman–Crippen MR) is 133 cm³/mol. The summed E-state index contributed by atoms with van der Waals surface area (Å²) in [5, 5.41) is 7.22. The van der Waals surface area contributed by atoms with Crippen LogP contribution >= 0.6 is 0 Å². The van der Waals surface area contributed by atoms with Gasteiger partial charge in [-0.05, 0) is 60.0 Å². The molecule has 0 saturated heterocycles. The summed E-state index contributed by atoms with van der Waals surface area (Å²) < 4.78 is 42.6. The fourth-order valence-electron chi connectivity index (χ4n) is 4.60.